The quantitative estimate of drug-likeness (QED) is 0.746. The summed E-state index contributed by atoms with van der Waals surface area (Å²) < 4.78 is 39.3. The highest BCUT2D eigenvalue weighted by molar-refractivity contribution is 6.35. The van der Waals surface area contributed by atoms with Gasteiger partial charge in [-0.3, -0.25) is 4.79 Å². The lowest BCUT2D eigenvalue weighted by atomic mass is 10.2. The average Bonchev–Trinajstić information content (AvgIpc) is 2.46. The number of carbonyl (C=O) groups excluding carboxylic acids is 1. The van der Waals surface area contributed by atoms with Gasteiger partial charge < -0.3 is 10.6 Å². The Bertz CT molecular complexity index is 721. The van der Waals surface area contributed by atoms with E-state index >= 15 is 0 Å². The molecule has 0 unspecified atom stereocenters. The van der Waals surface area contributed by atoms with Crippen LogP contribution in [0.4, 0.5) is 24.5 Å². The molecule has 0 spiro atoms. The minimum atomic E-state index is -1.56. The first kappa shape index (κ1) is 17.4. The number of anilines is 2. The molecule has 8 heteroatoms. The minimum absolute atomic E-state index is 0.0252. The molecule has 2 aromatic rings. The van der Waals surface area contributed by atoms with Crippen molar-refractivity contribution in [1.82, 2.24) is 0 Å². The molecule has 2 rings (SSSR count). The molecule has 122 valence electrons. The molecular formula is C15H11Cl2F3N2O. The van der Waals surface area contributed by atoms with Gasteiger partial charge in [-0.05, 0) is 30.3 Å². The van der Waals surface area contributed by atoms with Crippen LogP contribution >= 0.6 is 23.2 Å². The highest BCUT2D eigenvalue weighted by Crippen LogP contribution is 2.23. The molecule has 0 bridgehead atoms. The maximum absolute atomic E-state index is 13.4. The van der Waals surface area contributed by atoms with E-state index in [1.807, 2.05) is 0 Å². The van der Waals surface area contributed by atoms with Gasteiger partial charge in [-0.15, -0.1) is 0 Å². The number of nitrogens with one attached hydrogen (secondary N) is 2. The second-order valence-corrected chi connectivity index (χ2v) is 5.48. The molecule has 0 aromatic heterocycles. The molecule has 0 aliphatic rings. The maximum atomic E-state index is 13.4. The summed E-state index contributed by atoms with van der Waals surface area (Å²) in [4.78, 5) is 11.8. The zero-order chi connectivity index (χ0) is 17.0. The monoisotopic (exact) mass is 362 g/mol. The van der Waals surface area contributed by atoms with E-state index in [4.69, 9.17) is 23.2 Å². The molecular weight excluding hydrogens is 352 g/mol. The van der Waals surface area contributed by atoms with Gasteiger partial charge in [0.25, 0.3) is 0 Å². The molecule has 0 radical (unpaired) electrons. The Morgan fingerprint density at radius 1 is 1.00 bits per heavy atom. The van der Waals surface area contributed by atoms with Crippen LogP contribution in [0.2, 0.25) is 10.0 Å². The van der Waals surface area contributed by atoms with Crippen LogP contribution in [0.5, 0.6) is 0 Å². The summed E-state index contributed by atoms with van der Waals surface area (Å²) in [5, 5.41) is 5.84. The third-order valence-electron chi connectivity index (χ3n) is 2.85. The summed E-state index contributed by atoms with van der Waals surface area (Å²) in [5.74, 6) is -4.54. The zero-order valence-electron chi connectivity index (χ0n) is 11.6. The van der Waals surface area contributed by atoms with Crippen molar-refractivity contribution >= 4 is 40.5 Å². The van der Waals surface area contributed by atoms with E-state index in [1.54, 1.807) is 0 Å². The van der Waals surface area contributed by atoms with E-state index in [1.165, 1.54) is 18.2 Å². The van der Waals surface area contributed by atoms with E-state index in [2.05, 4.69) is 10.6 Å². The maximum Gasteiger partial charge on any atom is 0.226 e. The Morgan fingerprint density at radius 3 is 2.30 bits per heavy atom. The molecule has 3 nitrogen and oxygen atoms in total. The molecule has 0 saturated heterocycles. The van der Waals surface area contributed by atoms with Gasteiger partial charge >= 0.3 is 0 Å². The minimum Gasteiger partial charge on any atom is -0.382 e. The molecule has 23 heavy (non-hydrogen) atoms. The number of amides is 1. The van der Waals surface area contributed by atoms with Crippen LogP contribution in [-0.2, 0) is 4.79 Å². The predicted molar refractivity (Wildman–Crippen MR) is 84.5 cm³/mol. The lowest BCUT2D eigenvalue weighted by Crippen LogP contribution is -2.16. The van der Waals surface area contributed by atoms with E-state index in [0.717, 1.165) is 12.1 Å². The first-order valence-electron chi connectivity index (χ1n) is 6.50. The highest BCUT2D eigenvalue weighted by Gasteiger charge is 2.13. The lowest BCUT2D eigenvalue weighted by Gasteiger charge is -2.09. The van der Waals surface area contributed by atoms with Crippen LogP contribution < -0.4 is 10.6 Å². The Labute approximate surface area is 140 Å². The van der Waals surface area contributed by atoms with Crippen LogP contribution in [-0.4, -0.2) is 12.5 Å². The van der Waals surface area contributed by atoms with E-state index < -0.39 is 17.5 Å². The van der Waals surface area contributed by atoms with Crippen molar-refractivity contribution in [3.8, 4) is 0 Å². The normalized spacial score (nSPS) is 10.5. The fraction of sp³-hybridized carbons (Fsp3) is 0.133. The van der Waals surface area contributed by atoms with Crippen molar-refractivity contribution in [3.05, 3.63) is 57.8 Å². The van der Waals surface area contributed by atoms with E-state index in [9.17, 15) is 18.0 Å². The van der Waals surface area contributed by atoms with Crippen LogP contribution in [0, 0.1) is 17.5 Å². The summed E-state index contributed by atoms with van der Waals surface area (Å²) in [6.45, 7) is 0.0299. The van der Waals surface area contributed by atoms with Crippen LogP contribution in [0.1, 0.15) is 6.42 Å². The zero-order valence-corrected chi connectivity index (χ0v) is 13.1. The van der Waals surface area contributed by atoms with Gasteiger partial charge in [-0.2, -0.15) is 0 Å². The van der Waals surface area contributed by atoms with Crippen molar-refractivity contribution in [2.45, 2.75) is 6.42 Å². The molecule has 0 heterocycles. The molecule has 0 atom stereocenters. The summed E-state index contributed by atoms with van der Waals surface area (Å²) in [6.07, 6.45) is -0.0252. The lowest BCUT2D eigenvalue weighted by molar-refractivity contribution is -0.115. The molecule has 1 amide bonds. The summed E-state index contributed by atoms with van der Waals surface area (Å²) in [6, 6.07) is 6.42. The highest BCUT2D eigenvalue weighted by atomic mass is 35.5. The predicted octanol–water partition coefficient (Wildman–Crippen LogP) is 4.85. The van der Waals surface area contributed by atoms with Gasteiger partial charge in [0.05, 0.1) is 5.69 Å². The van der Waals surface area contributed by atoms with E-state index in [0.29, 0.717) is 15.7 Å². The molecule has 0 aliphatic heterocycles. The molecule has 0 fully saturated rings. The summed E-state index contributed by atoms with van der Waals surface area (Å²) in [5.41, 5.74) is 0.203. The van der Waals surface area contributed by atoms with Gasteiger partial charge in [0, 0.05) is 28.7 Å². The number of halogens is 5. The first-order chi connectivity index (χ1) is 10.9. The molecule has 0 aliphatic carbocycles. The second kappa shape index (κ2) is 7.57. The van der Waals surface area contributed by atoms with Crippen LogP contribution in [0.15, 0.2) is 30.3 Å². The number of hydrogen-bond donors (Lipinski definition) is 2. The fourth-order valence-corrected chi connectivity index (χ4v) is 2.35. The van der Waals surface area contributed by atoms with Crippen molar-refractivity contribution in [2.75, 3.05) is 17.2 Å². The Balaban J connectivity index is 1.89. The molecule has 0 saturated carbocycles. The van der Waals surface area contributed by atoms with Crippen molar-refractivity contribution in [1.29, 1.82) is 0 Å². The average molecular weight is 363 g/mol. The third kappa shape index (κ3) is 4.77. The number of hydrogen-bond acceptors (Lipinski definition) is 2. The Morgan fingerprint density at radius 2 is 1.65 bits per heavy atom. The number of carbonyl (C=O) groups is 1. The van der Waals surface area contributed by atoms with Crippen molar-refractivity contribution < 1.29 is 18.0 Å². The second-order valence-electron chi connectivity index (χ2n) is 4.61. The Kier molecular flexibility index (Phi) is 5.74. The topological polar surface area (TPSA) is 41.1 Å². The first-order valence-corrected chi connectivity index (χ1v) is 7.25. The van der Waals surface area contributed by atoms with Gasteiger partial charge in [0.1, 0.15) is 0 Å². The van der Waals surface area contributed by atoms with Crippen LogP contribution in [0.25, 0.3) is 0 Å². The molecule has 2 N–H and O–H groups in total. The largest absolute Gasteiger partial charge is 0.382 e. The number of benzene rings is 2. The van der Waals surface area contributed by atoms with Crippen LogP contribution in [0.3, 0.4) is 0 Å². The van der Waals surface area contributed by atoms with Crippen molar-refractivity contribution in [3.63, 3.8) is 0 Å². The molecule has 2 aromatic carbocycles. The van der Waals surface area contributed by atoms with Gasteiger partial charge in [0.2, 0.25) is 5.91 Å². The van der Waals surface area contributed by atoms with Gasteiger partial charge in [-0.25, -0.2) is 13.2 Å². The Hall–Kier alpha value is -1.92. The SMILES string of the molecule is O=C(CCNc1ccc(F)c(F)c1F)Nc1cc(Cl)cc(Cl)c1. The summed E-state index contributed by atoms with van der Waals surface area (Å²) >= 11 is 11.6. The third-order valence-corrected chi connectivity index (χ3v) is 3.29. The number of rotatable bonds is 5. The van der Waals surface area contributed by atoms with Gasteiger partial charge in [0.15, 0.2) is 17.5 Å². The smallest absolute Gasteiger partial charge is 0.226 e. The fourth-order valence-electron chi connectivity index (χ4n) is 1.82. The van der Waals surface area contributed by atoms with Crippen molar-refractivity contribution in [2.24, 2.45) is 0 Å². The van der Waals surface area contributed by atoms with Gasteiger partial charge in [-0.1, -0.05) is 23.2 Å². The summed E-state index contributed by atoms with van der Waals surface area (Å²) in [7, 11) is 0. The van der Waals surface area contributed by atoms with E-state index in [-0.39, 0.29) is 24.6 Å². The standard InChI is InChI=1S/C15H11Cl2F3N2O/c16-8-5-9(17)7-10(6-8)22-13(23)3-4-21-12-2-1-11(18)14(19)15(12)20/h1-2,5-7,21H,3-4H2,(H,22,23).